The maximum absolute atomic E-state index is 11.3. The van der Waals surface area contributed by atoms with E-state index in [2.05, 4.69) is 5.32 Å². The fraction of sp³-hybridized carbons (Fsp3) is 0.400. The fourth-order valence-corrected chi connectivity index (χ4v) is 4.78. The summed E-state index contributed by atoms with van der Waals surface area (Å²) in [6, 6.07) is 7.35. The lowest BCUT2D eigenvalue weighted by molar-refractivity contribution is -0.380. The van der Waals surface area contributed by atoms with Crippen molar-refractivity contribution in [2.45, 2.75) is 44.6 Å². The van der Waals surface area contributed by atoms with E-state index in [4.69, 9.17) is 19.4 Å². The van der Waals surface area contributed by atoms with Crippen LogP contribution >= 0.6 is 11.3 Å². The van der Waals surface area contributed by atoms with Crippen LogP contribution in [-0.2, 0) is 6.54 Å². The second kappa shape index (κ2) is 7.47. The van der Waals surface area contributed by atoms with Crippen LogP contribution in [0, 0.1) is 10.1 Å². The Kier molecular flexibility index (Phi) is 4.67. The molecule has 0 bridgehead atoms. The quantitative estimate of drug-likeness (QED) is 0.465. The molecule has 3 heterocycles. The van der Waals surface area contributed by atoms with Gasteiger partial charge < -0.3 is 14.8 Å². The Hall–Kier alpha value is -2.94. The van der Waals surface area contributed by atoms with Gasteiger partial charge in [0.15, 0.2) is 11.5 Å². The van der Waals surface area contributed by atoms with Gasteiger partial charge in [0, 0.05) is 18.5 Å². The van der Waals surface area contributed by atoms with Crippen LogP contribution in [0.4, 0.5) is 10.8 Å². The lowest BCUT2D eigenvalue weighted by Gasteiger charge is -2.20. The van der Waals surface area contributed by atoms with Gasteiger partial charge in [-0.3, -0.25) is 10.1 Å². The average Bonchev–Trinajstić information content (AvgIpc) is 3.39. The molecule has 0 radical (unpaired) electrons. The van der Waals surface area contributed by atoms with Gasteiger partial charge in [-0.25, -0.2) is 9.97 Å². The number of fused-ring (bicyclic) bond motifs is 2. The van der Waals surface area contributed by atoms with E-state index in [1.165, 1.54) is 19.3 Å². The normalized spacial score (nSPS) is 16.3. The third-order valence-corrected chi connectivity index (χ3v) is 6.42. The molecule has 2 aliphatic rings. The van der Waals surface area contributed by atoms with Crippen LogP contribution in [-0.4, -0.2) is 21.7 Å². The number of benzene rings is 1. The summed E-state index contributed by atoms with van der Waals surface area (Å²) in [6.45, 7) is 0.762. The number of hydrogen-bond acceptors (Lipinski definition) is 8. The van der Waals surface area contributed by atoms with Gasteiger partial charge >= 0.3 is 5.00 Å². The van der Waals surface area contributed by atoms with Crippen LogP contribution in [0.15, 0.2) is 24.3 Å². The van der Waals surface area contributed by atoms with Gasteiger partial charge in [-0.1, -0.05) is 25.3 Å². The van der Waals surface area contributed by atoms with Crippen molar-refractivity contribution in [3.05, 3.63) is 45.8 Å². The number of anilines is 1. The molecule has 29 heavy (non-hydrogen) atoms. The summed E-state index contributed by atoms with van der Waals surface area (Å²) >= 11 is 1.11. The smallest absolute Gasteiger partial charge is 0.326 e. The standard InChI is InChI=1S/C20H20N4O4S/c25-24(26)17-9-14-19(21-10-12-6-7-15-16(8-12)28-11-27-15)22-18(23-20(14)29-17)13-4-2-1-3-5-13/h6-9,13H,1-5,10-11H2,(H,21,22,23). The van der Waals surface area contributed by atoms with Crippen molar-refractivity contribution in [3.8, 4) is 11.5 Å². The van der Waals surface area contributed by atoms with E-state index in [0.29, 0.717) is 28.5 Å². The number of nitro groups is 1. The van der Waals surface area contributed by atoms with Crippen molar-refractivity contribution in [2.24, 2.45) is 0 Å². The molecule has 9 heteroatoms. The molecule has 0 unspecified atom stereocenters. The van der Waals surface area contributed by atoms with E-state index in [1.807, 2.05) is 18.2 Å². The van der Waals surface area contributed by atoms with Crippen LogP contribution in [0.25, 0.3) is 10.2 Å². The van der Waals surface area contributed by atoms with Gasteiger partial charge in [0.05, 0.1) is 10.3 Å². The zero-order chi connectivity index (χ0) is 19.8. The second-order valence-electron chi connectivity index (χ2n) is 7.37. The molecule has 1 aliphatic carbocycles. The third kappa shape index (κ3) is 3.57. The predicted molar refractivity (Wildman–Crippen MR) is 110 cm³/mol. The maximum Gasteiger partial charge on any atom is 0.326 e. The molecule has 3 aromatic rings. The summed E-state index contributed by atoms with van der Waals surface area (Å²) in [4.78, 5) is 21.1. The first-order valence-electron chi connectivity index (χ1n) is 9.75. The molecule has 0 atom stereocenters. The van der Waals surface area contributed by atoms with E-state index in [-0.39, 0.29) is 16.7 Å². The zero-order valence-electron chi connectivity index (χ0n) is 15.7. The molecular weight excluding hydrogens is 392 g/mol. The van der Waals surface area contributed by atoms with Crippen LogP contribution in [0.5, 0.6) is 11.5 Å². The number of ether oxygens (including phenoxy) is 2. The van der Waals surface area contributed by atoms with Crippen LogP contribution in [0.3, 0.4) is 0 Å². The summed E-state index contributed by atoms with van der Waals surface area (Å²) in [5.74, 6) is 3.23. The van der Waals surface area contributed by atoms with E-state index >= 15 is 0 Å². The number of nitrogens with one attached hydrogen (secondary N) is 1. The molecule has 5 rings (SSSR count). The minimum absolute atomic E-state index is 0.0845. The van der Waals surface area contributed by atoms with Crippen molar-refractivity contribution in [2.75, 3.05) is 12.1 Å². The minimum Gasteiger partial charge on any atom is -0.454 e. The lowest BCUT2D eigenvalue weighted by Crippen LogP contribution is -2.11. The fourth-order valence-electron chi connectivity index (χ4n) is 3.93. The number of rotatable bonds is 5. The molecule has 2 aromatic heterocycles. The van der Waals surface area contributed by atoms with Crippen molar-refractivity contribution in [1.29, 1.82) is 0 Å². The summed E-state index contributed by atoms with van der Waals surface area (Å²) in [5.41, 5.74) is 1.02. The first-order chi connectivity index (χ1) is 14.2. The van der Waals surface area contributed by atoms with E-state index in [0.717, 1.165) is 47.1 Å². The van der Waals surface area contributed by atoms with E-state index < -0.39 is 0 Å². The van der Waals surface area contributed by atoms with Crippen LogP contribution < -0.4 is 14.8 Å². The Morgan fingerprint density at radius 3 is 2.79 bits per heavy atom. The van der Waals surface area contributed by atoms with Crippen molar-refractivity contribution in [3.63, 3.8) is 0 Å². The van der Waals surface area contributed by atoms with Crippen molar-refractivity contribution >= 4 is 32.4 Å². The second-order valence-corrected chi connectivity index (χ2v) is 8.38. The summed E-state index contributed by atoms with van der Waals surface area (Å²) in [7, 11) is 0. The molecule has 8 nitrogen and oxygen atoms in total. The first-order valence-corrected chi connectivity index (χ1v) is 10.6. The van der Waals surface area contributed by atoms with Gasteiger partial charge in [0.25, 0.3) is 0 Å². The minimum atomic E-state index is -0.367. The van der Waals surface area contributed by atoms with Crippen LogP contribution in [0.1, 0.15) is 49.4 Å². The Labute approximate surface area is 171 Å². The Bertz CT molecular complexity index is 1080. The topological polar surface area (TPSA) is 99.4 Å². The summed E-state index contributed by atoms with van der Waals surface area (Å²) < 4.78 is 10.8. The SMILES string of the molecule is O=[N+]([O-])c1cc2c(NCc3ccc4c(c3)OCO4)nc(C3CCCCC3)nc2s1. The van der Waals surface area contributed by atoms with Gasteiger partial charge in [0.2, 0.25) is 6.79 Å². The number of aromatic nitrogens is 2. The third-order valence-electron chi connectivity index (χ3n) is 5.44. The van der Waals surface area contributed by atoms with Gasteiger partial charge in [-0.15, -0.1) is 0 Å². The summed E-state index contributed by atoms with van der Waals surface area (Å²) in [5, 5.41) is 15.4. The Balaban J connectivity index is 1.47. The highest BCUT2D eigenvalue weighted by molar-refractivity contribution is 7.21. The maximum atomic E-state index is 11.3. The molecular formula is C20H20N4O4S. The molecule has 1 saturated carbocycles. The molecule has 1 N–H and O–H groups in total. The lowest BCUT2D eigenvalue weighted by atomic mass is 9.89. The molecule has 150 valence electrons. The first kappa shape index (κ1) is 18.1. The highest BCUT2D eigenvalue weighted by atomic mass is 32.1. The molecule has 1 fully saturated rings. The molecule has 1 aromatic carbocycles. The highest BCUT2D eigenvalue weighted by Gasteiger charge is 2.23. The zero-order valence-corrected chi connectivity index (χ0v) is 16.5. The molecule has 0 spiro atoms. The van der Waals surface area contributed by atoms with Crippen molar-refractivity contribution < 1.29 is 14.4 Å². The van der Waals surface area contributed by atoms with E-state index in [1.54, 1.807) is 6.07 Å². The van der Waals surface area contributed by atoms with Crippen LogP contribution in [0.2, 0.25) is 0 Å². The highest BCUT2D eigenvalue weighted by Crippen LogP contribution is 2.38. The number of thiophene rings is 1. The average molecular weight is 412 g/mol. The van der Waals surface area contributed by atoms with Crippen molar-refractivity contribution in [1.82, 2.24) is 9.97 Å². The predicted octanol–water partition coefficient (Wildman–Crippen LogP) is 4.99. The molecule has 0 amide bonds. The van der Waals surface area contributed by atoms with Gasteiger partial charge in [-0.05, 0) is 41.9 Å². The molecule has 1 aliphatic heterocycles. The Morgan fingerprint density at radius 2 is 1.97 bits per heavy atom. The monoisotopic (exact) mass is 412 g/mol. The molecule has 0 saturated heterocycles. The number of hydrogen-bond donors (Lipinski definition) is 1. The number of nitrogens with zero attached hydrogens (tertiary/aromatic N) is 3. The van der Waals surface area contributed by atoms with Gasteiger partial charge in [-0.2, -0.15) is 0 Å². The van der Waals surface area contributed by atoms with Gasteiger partial charge in [0.1, 0.15) is 16.5 Å². The Morgan fingerprint density at radius 1 is 1.14 bits per heavy atom. The largest absolute Gasteiger partial charge is 0.454 e. The summed E-state index contributed by atoms with van der Waals surface area (Å²) in [6.07, 6.45) is 5.74. The van der Waals surface area contributed by atoms with E-state index in [9.17, 15) is 10.1 Å².